The SMILES string of the molecule is c1ccc(-c2cc(-c3ccccc3)nc(-c3ccc(-c4ccc5c(c4)c4c6ccccc6c6c7ccccc7sc6c4n5-c4ccccc4)cc3)n2)cc1.c1ccc(-c2cc(-c3ccccc3)nc(-c3ccc4c(c3)c3c5ccccc5c5c6ccccc6sc5c3n4-c3ccccc3)n2)cc1.c1ccc(-c2nc(-c3ccccc3)nc(-c3ccc4c(c3)c3c5ccccc5c5c6ccccc6sc5c3n4-c3ccccc3)n2)cc1. The second kappa shape index (κ2) is 36.6. The zero-order valence-electron chi connectivity index (χ0n) is 80.7. The van der Waals surface area contributed by atoms with E-state index in [2.05, 4.69) is 438 Å². The number of rotatable bonds is 13. The van der Waals surface area contributed by atoms with Crippen LogP contribution in [0.25, 0.3) is 288 Å². The summed E-state index contributed by atoms with van der Waals surface area (Å²) in [4.78, 5) is 35.5. The lowest BCUT2D eigenvalue weighted by molar-refractivity contribution is 1.07. The van der Waals surface area contributed by atoms with Gasteiger partial charge in [0.15, 0.2) is 29.1 Å². The maximum atomic E-state index is 5.18. The van der Waals surface area contributed by atoms with Gasteiger partial charge in [-0.15, -0.1) is 34.0 Å². The van der Waals surface area contributed by atoms with Gasteiger partial charge < -0.3 is 13.7 Å². The van der Waals surface area contributed by atoms with E-state index in [1.54, 1.807) is 0 Å². The molecule has 0 atom stereocenters. The number of fused-ring (bicyclic) bond motifs is 30. The molecule has 0 aliphatic carbocycles. The first kappa shape index (κ1) is 87.4. The van der Waals surface area contributed by atoms with Gasteiger partial charge in [0.1, 0.15) is 0 Å². The lowest BCUT2D eigenvalue weighted by atomic mass is 9.97. The molecule has 0 bridgehead atoms. The van der Waals surface area contributed by atoms with Crippen molar-refractivity contribution in [2.45, 2.75) is 0 Å². The summed E-state index contributed by atoms with van der Waals surface area (Å²) in [5.74, 6) is 3.39. The Kier molecular flexibility index (Phi) is 21.3. The Hall–Kier alpha value is -19.2. The van der Waals surface area contributed by atoms with Crippen LogP contribution in [0.15, 0.2) is 510 Å². The van der Waals surface area contributed by atoms with Gasteiger partial charge in [-0.2, -0.15) is 0 Å². The van der Waals surface area contributed by atoms with Gasteiger partial charge in [0.05, 0.1) is 70.0 Å². The first-order chi connectivity index (χ1) is 74.4. The lowest BCUT2D eigenvalue weighted by Crippen LogP contribution is -2.00. The van der Waals surface area contributed by atoms with E-state index in [9.17, 15) is 0 Å². The van der Waals surface area contributed by atoms with E-state index >= 15 is 0 Å². The largest absolute Gasteiger partial charge is 0.308 e. The third kappa shape index (κ3) is 14.9. The fraction of sp³-hybridized carbons (Fsp3) is 0. The minimum Gasteiger partial charge on any atom is -0.308 e. The molecule has 31 aromatic rings. The molecule has 0 radical (unpaired) electrons. The normalized spacial score (nSPS) is 11.7. The molecule has 31 rings (SSSR count). The highest BCUT2D eigenvalue weighted by Gasteiger charge is 2.29. The molecular formula is C137H84N10S3. The molecule has 10 nitrogen and oxygen atoms in total. The standard InChI is InChI=1S/C50H31N3S.C44H27N3S.C43H26N4S/c1-4-14-33(15-5-1)42-31-43(34-16-6-2-7-17-34)52-50(51-42)35-26-24-32(25-27-35)36-28-29-44-41(30-36)46-38-20-10-11-21-39(38)47-40-22-12-13-23-45(40)54-49(47)48(46)53(44)37-18-8-3-9-19-37;1-4-14-28(15-5-1)36-27-37(29-16-6-2-7-17-29)46-44(45-36)30-24-25-38-35(26-30)40-32-20-10-11-21-33(32)41-34-22-12-13-23-39(34)48-43(41)42(40)47(38)31-18-8-3-9-19-31;1-4-14-27(15-5-1)41-44-42(28-16-6-2-7-17-28)46-43(45-41)29-24-25-35-34(26-29)37-31-20-10-11-21-32(31)38-33-22-12-13-23-36(33)48-40(38)39(37)47(35)30-18-8-3-9-19-30/h1-31H;1-27H;1-26H. The molecule has 0 N–H and O–H groups in total. The van der Waals surface area contributed by atoms with Gasteiger partial charge in [-0.3, -0.25) is 0 Å². The summed E-state index contributed by atoms with van der Waals surface area (Å²) in [6, 6.07) is 180. The average Bonchev–Trinajstić information content (AvgIpc) is 1.54. The summed E-state index contributed by atoms with van der Waals surface area (Å²) in [7, 11) is 0. The number of para-hydroxylation sites is 3. The fourth-order valence-corrected chi connectivity index (χ4v) is 26.2. The molecule has 9 heterocycles. The number of hydrogen-bond acceptors (Lipinski definition) is 10. The maximum Gasteiger partial charge on any atom is 0.164 e. The molecule has 150 heavy (non-hydrogen) atoms. The van der Waals surface area contributed by atoms with Crippen LogP contribution in [0.2, 0.25) is 0 Å². The van der Waals surface area contributed by atoms with Crippen molar-refractivity contribution in [2.24, 2.45) is 0 Å². The van der Waals surface area contributed by atoms with Crippen molar-refractivity contribution < 1.29 is 0 Å². The summed E-state index contributed by atoms with van der Waals surface area (Å²) < 4.78 is 15.2. The van der Waals surface area contributed by atoms with E-state index in [1.165, 1.54) is 153 Å². The van der Waals surface area contributed by atoms with Crippen molar-refractivity contribution in [1.29, 1.82) is 0 Å². The number of nitrogens with zero attached hydrogens (tertiary/aromatic N) is 10. The van der Waals surface area contributed by atoms with Crippen LogP contribution in [0.4, 0.5) is 0 Å². The predicted octanol–water partition coefficient (Wildman–Crippen LogP) is 37.3. The van der Waals surface area contributed by atoms with Crippen molar-refractivity contribution >= 4 is 192 Å². The average molecular weight is 1970 g/mol. The topological polar surface area (TPSA) is 105 Å². The second-order valence-electron chi connectivity index (χ2n) is 37.9. The van der Waals surface area contributed by atoms with Crippen molar-refractivity contribution in [1.82, 2.24) is 48.6 Å². The van der Waals surface area contributed by atoms with Gasteiger partial charge in [0.2, 0.25) is 0 Å². The lowest BCUT2D eigenvalue weighted by Gasteiger charge is -2.10. The van der Waals surface area contributed by atoms with E-state index in [1.807, 2.05) is 119 Å². The summed E-state index contributed by atoms with van der Waals surface area (Å²) in [5.41, 5.74) is 25.8. The van der Waals surface area contributed by atoms with E-state index < -0.39 is 0 Å². The van der Waals surface area contributed by atoms with Gasteiger partial charge in [-0.25, -0.2) is 34.9 Å². The maximum absolute atomic E-state index is 5.18. The first-order valence-electron chi connectivity index (χ1n) is 50.5. The Labute approximate surface area is 873 Å². The monoisotopic (exact) mass is 1960 g/mol. The van der Waals surface area contributed by atoms with Gasteiger partial charge in [0.25, 0.3) is 0 Å². The van der Waals surface area contributed by atoms with Crippen molar-refractivity contribution in [2.75, 3.05) is 0 Å². The quantitative estimate of drug-likeness (QED) is 0.113. The highest BCUT2D eigenvalue weighted by molar-refractivity contribution is 7.28. The van der Waals surface area contributed by atoms with E-state index in [0.717, 1.165) is 107 Å². The summed E-state index contributed by atoms with van der Waals surface area (Å²) >= 11 is 5.66. The van der Waals surface area contributed by atoms with Gasteiger partial charge >= 0.3 is 0 Å². The minimum absolute atomic E-state index is 0.650. The smallest absolute Gasteiger partial charge is 0.164 e. The number of aromatic nitrogens is 10. The molecule has 0 amide bonds. The Morgan fingerprint density at radius 1 is 0.140 bits per heavy atom. The summed E-state index contributed by atoms with van der Waals surface area (Å²) in [6.07, 6.45) is 0. The Morgan fingerprint density at radius 2 is 0.347 bits per heavy atom. The summed E-state index contributed by atoms with van der Waals surface area (Å²) in [6.45, 7) is 0. The Bertz CT molecular complexity index is 10200. The van der Waals surface area contributed by atoms with Crippen LogP contribution in [0, 0.1) is 0 Å². The Balaban J connectivity index is 0.000000106. The van der Waals surface area contributed by atoms with E-state index in [4.69, 9.17) is 34.9 Å². The number of benzene rings is 22. The molecule has 0 aliphatic rings. The summed E-state index contributed by atoms with van der Waals surface area (Å²) in [5, 5.41) is 22.9. The van der Waals surface area contributed by atoms with Crippen molar-refractivity contribution in [3.05, 3.63) is 510 Å². The molecule has 22 aromatic carbocycles. The second-order valence-corrected chi connectivity index (χ2v) is 41.1. The van der Waals surface area contributed by atoms with Crippen LogP contribution >= 0.6 is 34.0 Å². The molecule has 13 heteroatoms. The molecule has 0 aliphatic heterocycles. The predicted molar refractivity (Wildman–Crippen MR) is 632 cm³/mol. The van der Waals surface area contributed by atoms with Gasteiger partial charge in [-0.05, 0) is 159 Å². The van der Waals surface area contributed by atoms with E-state index in [0.29, 0.717) is 29.1 Å². The molecule has 0 fully saturated rings. The van der Waals surface area contributed by atoms with Crippen LogP contribution < -0.4 is 0 Å². The fourth-order valence-electron chi connectivity index (χ4n) is 22.5. The zero-order valence-corrected chi connectivity index (χ0v) is 83.1. The first-order valence-corrected chi connectivity index (χ1v) is 52.9. The van der Waals surface area contributed by atoms with Crippen LogP contribution in [0.1, 0.15) is 0 Å². The van der Waals surface area contributed by atoms with Crippen LogP contribution in [-0.2, 0) is 0 Å². The molecule has 0 spiro atoms. The van der Waals surface area contributed by atoms with Gasteiger partial charge in [-0.1, -0.05) is 394 Å². The van der Waals surface area contributed by atoms with Crippen LogP contribution in [0.5, 0.6) is 0 Å². The highest BCUT2D eigenvalue weighted by Crippen LogP contribution is 2.54. The molecule has 700 valence electrons. The molecule has 0 unspecified atom stereocenters. The minimum atomic E-state index is 0.650. The van der Waals surface area contributed by atoms with Crippen molar-refractivity contribution in [3.8, 4) is 130 Å². The number of hydrogen-bond donors (Lipinski definition) is 0. The Morgan fingerprint density at radius 3 is 0.647 bits per heavy atom. The third-order valence-corrected chi connectivity index (χ3v) is 32.7. The molecule has 0 saturated carbocycles. The molecular weight excluding hydrogens is 1880 g/mol. The molecule has 9 aromatic heterocycles. The molecule has 0 saturated heterocycles. The van der Waals surface area contributed by atoms with E-state index in [-0.39, 0.29) is 0 Å². The highest BCUT2D eigenvalue weighted by atomic mass is 32.1. The number of thiophene rings is 3. The zero-order chi connectivity index (χ0) is 98.8. The third-order valence-electron chi connectivity index (χ3n) is 29.2. The van der Waals surface area contributed by atoms with Crippen molar-refractivity contribution in [3.63, 3.8) is 0 Å². The van der Waals surface area contributed by atoms with Crippen LogP contribution in [0.3, 0.4) is 0 Å². The van der Waals surface area contributed by atoms with Crippen LogP contribution in [-0.4, -0.2) is 48.6 Å². The van der Waals surface area contributed by atoms with Gasteiger partial charge in [0, 0.05) is 146 Å².